The molecule has 1 aliphatic rings. The number of allylic oxidation sites excluding steroid dienone is 1. The van der Waals surface area contributed by atoms with Crippen molar-refractivity contribution in [2.75, 3.05) is 5.06 Å². The summed E-state index contributed by atoms with van der Waals surface area (Å²) in [5, 5.41) is 1.95. The van der Waals surface area contributed by atoms with Crippen molar-refractivity contribution < 1.29 is 4.84 Å². The molecule has 0 fully saturated rings. The Balaban J connectivity index is 1.97. The van der Waals surface area contributed by atoms with Crippen LogP contribution in [0.3, 0.4) is 0 Å². The third kappa shape index (κ3) is 1.97. The molecule has 0 spiro atoms. The second kappa shape index (κ2) is 4.57. The van der Waals surface area contributed by atoms with Crippen LogP contribution in [0.2, 0.25) is 0 Å². The third-order valence-corrected chi connectivity index (χ3v) is 3.04. The number of para-hydroxylation sites is 1. The minimum absolute atomic E-state index is 0.147. The summed E-state index contributed by atoms with van der Waals surface area (Å²) in [4.78, 5) is 5.81. The van der Waals surface area contributed by atoms with Crippen LogP contribution in [-0.2, 0) is 4.84 Å². The third-order valence-electron chi connectivity index (χ3n) is 3.04. The van der Waals surface area contributed by atoms with Gasteiger partial charge in [0.15, 0.2) is 0 Å². The lowest BCUT2D eigenvalue weighted by molar-refractivity contribution is 0.196. The van der Waals surface area contributed by atoms with Gasteiger partial charge in [-0.3, -0.25) is 0 Å². The molecule has 1 heterocycles. The minimum atomic E-state index is 0.147. The van der Waals surface area contributed by atoms with E-state index in [2.05, 4.69) is 42.5 Å². The Hall–Kier alpha value is -2.22. The van der Waals surface area contributed by atoms with E-state index in [9.17, 15) is 0 Å². The molecule has 0 radical (unpaired) electrons. The van der Waals surface area contributed by atoms with Crippen molar-refractivity contribution in [2.24, 2.45) is 0 Å². The zero-order chi connectivity index (χ0) is 12.4. The Kier molecular flexibility index (Phi) is 2.77. The quantitative estimate of drug-likeness (QED) is 0.780. The first kappa shape index (κ1) is 10.9. The molecule has 0 aliphatic carbocycles. The van der Waals surface area contributed by atoms with Gasteiger partial charge in [-0.15, -0.1) is 0 Å². The number of hydrogen-bond acceptors (Lipinski definition) is 2. The summed E-state index contributed by atoms with van der Waals surface area (Å²) in [7, 11) is 0. The normalized spacial score (nSPS) is 18.4. The average Bonchev–Trinajstić information content (AvgIpc) is 2.83. The summed E-state index contributed by atoms with van der Waals surface area (Å²) in [6, 6.07) is 20.7. The second-order valence-electron chi connectivity index (χ2n) is 4.39. The highest BCUT2D eigenvalue weighted by Crippen LogP contribution is 2.35. The molecule has 0 bridgehead atoms. The molecule has 0 saturated heterocycles. The van der Waals surface area contributed by atoms with Crippen LogP contribution in [-0.4, -0.2) is 0 Å². The maximum Gasteiger partial charge on any atom is 0.127 e. The molecule has 1 unspecified atom stereocenters. The van der Waals surface area contributed by atoms with E-state index >= 15 is 0 Å². The maximum atomic E-state index is 5.81. The van der Waals surface area contributed by atoms with Gasteiger partial charge in [-0.1, -0.05) is 48.5 Å². The van der Waals surface area contributed by atoms with E-state index in [-0.39, 0.29) is 6.04 Å². The van der Waals surface area contributed by atoms with Crippen LogP contribution in [0, 0.1) is 0 Å². The van der Waals surface area contributed by atoms with Gasteiger partial charge in [0.25, 0.3) is 0 Å². The van der Waals surface area contributed by atoms with Crippen LogP contribution in [0.15, 0.2) is 72.5 Å². The summed E-state index contributed by atoms with van der Waals surface area (Å²) in [6.45, 7) is 1.98. The first-order valence-electron chi connectivity index (χ1n) is 6.10. The minimum Gasteiger partial charge on any atom is -0.384 e. The zero-order valence-electron chi connectivity index (χ0n) is 10.3. The first-order valence-corrected chi connectivity index (χ1v) is 6.10. The van der Waals surface area contributed by atoms with Crippen LogP contribution >= 0.6 is 0 Å². The molecule has 90 valence electrons. The smallest absolute Gasteiger partial charge is 0.127 e. The first-order chi connectivity index (χ1) is 8.84. The molecule has 0 amide bonds. The van der Waals surface area contributed by atoms with Gasteiger partial charge in [-0.2, -0.15) is 5.06 Å². The summed E-state index contributed by atoms with van der Waals surface area (Å²) < 4.78 is 0. The molecule has 2 nitrogen and oxygen atoms in total. The van der Waals surface area contributed by atoms with Gasteiger partial charge >= 0.3 is 0 Å². The van der Waals surface area contributed by atoms with Gasteiger partial charge in [-0.25, -0.2) is 0 Å². The molecular formula is C16H15NO. The number of hydrogen-bond donors (Lipinski definition) is 0. The lowest BCUT2D eigenvalue weighted by Gasteiger charge is -2.25. The highest BCUT2D eigenvalue weighted by atomic mass is 16.7. The average molecular weight is 237 g/mol. The maximum absolute atomic E-state index is 5.81. The fourth-order valence-corrected chi connectivity index (χ4v) is 2.20. The highest BCUT2D eigenvalue weighted by molar-refractivity contribution is 5.49. The van der Waals surface area contributed by atoms with E-state index in [1.807, 2.05) is 36.3 Å². The molecule has 0 N–H and O–H groups in total. The van der Waals surface area contributed by atoms with Gasteiger partial charge in [0.2, 0.25) is 0 Å². The summed E-state index contributed by atoms with van der Waals surface area (Å²) in [6.07, 6.45) is 2.14. The van der Waals surface area contributed by atoms with Crippen molar-refractivity contribution in [2.45, 2.75) is 13.0 Å². The van der Waals surface area contributed by atoms with Crippen LogP contribution in [0.25, 0.3) is 0 Å². The highest BCUT2D eigenvalue weighted by Gasteiger charge is 2.26. The predicted octanol–water partition coefficient (Wildman–Crippen LogP) is 4.08. The summed E-state index contributed by atoms with van der Waals surface area (Å²) >= 11 is 0. The van der Waals surface area contributed by atoms with E-state index in [4.69, 9.17) is 4.84 Å². The lowest BCUT2D eigenvalue weighted by Crippen LogP contribution is -2.21. The molecule has 2 aromatic carbocycles. The van der Waals surface area contributed by atoms with E-state index in [0.717, 1.165) is 11.4 Å². The van der Waals surface area contributed by atoms with E-state index < -0.39 is 0 Å². The molecular weight excluding hydrogens is 222 g/mol. The Morgan fingerprint density at radius 2 is 1.50 bits per heavy atom. The van der Waals surface area contributed by atoms with Gasteiger partial charge in [0.1, 0.15) is 11.8 Å². The van der Waals surface area contributed by atoms with Crippen molar-refractivity contribution in [3.63, 3.8) is 0 Å². The molecule has 1 aliphatic heterocycles. The Morgan fingerprint density at radius 3 is 2.17 bits per heavy atom. The molecule has 3 rings (SSSR count). The van der Waals surface area contributed by atoms with Crippen LogP contribution in [0.1, 0.15) is 18.5 Å². The van der Waals surface area contributed by atoms with E-state index in [0.29, 0.717) is 0 Å². The number of anilines is 1. The SMILES string of the molecule is CC1=CC(c2ccccc2)N(c2ccccc2)O1. The van der Waals surface area contributed by atoms with Gasteiger partial charge in [0.05, 0.1) is 5.69 Å². The molecule has 1 atom stereocenters. The fraction of sp³-hybridized carbons (Fsp3) is 0.125. The van der Waals surface area contributed by atoms with Crippen LogP contribution in [0.5, 0.6) is 0 Å². The molecule has 2 heteroatoms. The van der Waals surface area contributed by atoms with Crippen LogP contribution < -0.4 is 5.06 Å². The van der Waals surface area contributed by atoms with Gasteiger partial charge in [-0.05, 0) is 30.7 Å². The Morgan fingerprint density at radius 1 is 0.889 bits per heavy atom. The van der Waals surface area contributed by atoms with Crippen molar-refractivity contribution in [1.29, 1.82) is 0 Å². The summed E-state index contributed by atoms with van der Waals surface area (Å²) in [5.74, 6) is 0.938. The summed E-state index contributed by atoms with van der Waals surface area (Å²) in [5.41, 5.74) is 2.30. The Labute approximate surface area is 107 Å². The van der Waals surface area contributed by atoms with Crippen LogP contribution in [0.4, 0.5) is 5.69 Å². The van der Waals surface area contributed by atoms with E-state index in [1.54, 1.807) is 0 Å². The molecule has 18 heavy (non-hydrogen) atoms. The number of rotatable bonds is 2. The Bertz CT molecular complexity index is 548. The molecule has 2 aromatic rings. The van der Waals surface area contributed by atoms with Crippen molar-refractivity contribution in [3.8, 4) is 0 Å². The van der Waals surface area contributed by atoms with E-state index in [1.165, 1.54) is 5.56 Å². The predicted molar refractivity (Wildman–Crippen MR) is 72.9 cm³/mol. The van der Waals surface area contributed by atoms with Gasteiger partial charge < -0.3 is 4.84 Å². The number of hydroxylamine groups is 1. The standard InChI is InChI=1S/C16H15NO/c1-13-12-16(14-8-4-2-5-9-14)17(18-13)15-10-6-3-7-11-15/h2-12,16H,1H3. The van der Waals surface area contributed by atoms with Crippen molar-refractivity contribution in [1.82, 2.24) is 0 Å². The molecule has 0 aromatic heterocycles. The fourth-order valence-electron chi connectivity index (χ4n) is 2.20. The lowest BCUT2D eigenvalue weighted by atomic mass is 10.1. The second-order valence-corrected chi connectivity index (χ2v) is 4.39. The van der Waals surface area contributed by atoms with Crippen molar-refractivity contribution in [3.05, 3.63) is 78.1 Å². The number of benzene rings is 2. The monoisotopic (exact) mass is 237 g/mol. The zero-order valence-corrected chi connectivity index (χ0v) is 10.3. The van der Waals surface area contributed by atoms with Gasteiger partial charge in [0, 0.05) is 0 Å². The topological polar surface area (TPSA) is 12.5 Å². The number of nitrogens with zero attached hydrogens (tertiary/aromatic N) is 1. The van der Waals surface area contributed by atoms with Crippen molar-refractivity contribution >= 4 is 5.69 Å². The molecule has 0 saturated carbocycles. The largest absolute Gasteiger partial charge is 0.384 e.